The molecule has 0 aliphatic rings. The van der Waals surface area contributed by atoms with Crippen LogP contribution in [0.5, 0.6) is 0 Å². The summed E-state index contributed by atoms with van der Waals surface area (Å²) >= 11 is 2.49. The molecule has 0 aliphatic heterocycles. The van der Waals surface area contributed by atoms with Gasteiger partial charge in [-0.2, -0.15) is 5.26 Å². The number of carbonyl (C=O) groups is 2. The molecule has 1 aromatic heterocycles. The third kappa shape index (κ3) is 3.03. The van der Waals surface area contributed by atoms with Crippen molar-refractivity contribution in [1.82, 2.24) is 0 Å². The Morgan fingerprint density at radius 1 is 1.56 bits per heavy atom. The molecule has 0 atom stereocenters. The maximum atomic E-state index is 11.9. The molecule has 1 heterocycles. The first-order chi connectivity index (χ1) is 8.54. The number of thiophene rings is 1. The van der Waals surface area contributed by atoms with Gasteiger partial charge in [0.25, 0.3) is 0 Å². The molecule has 0 radical (unpaired) electrons. The fourth-order valence-corrected chi connectivity index (χ4v) is 3.09. The smallest absolute Gasteiger partial charge is 0.313 e. The average molecular weight is 284 g/mol. The van der Waals surface area contributed by atoms with Crippen molar-refractivity contribution < 1.29 is 14.3 Å². The van der Waals surface area contributed by atoms with Crippen LogP contribution in [-0.2, 0) is 9.53 Å². The summed E-state index contributed by atoms with van der Waals surface area (Å²) in [6, 6.07) is 1.96. The van der Waals surface area contributed by atoms with Crippen LogP contribution in [0.15, 0.2) is 4.21 Å². The van der Waals surface area contributed by atoms with Gasteiger partial charge < -0.3 is 10.5 Å². The quantitative estimate of drug-likeness (QED) is 0.385. The van der Waals surface area contributed by atoms with Crippen molar-refractivity contribution in [2.45, 2.75) is 17.6 Å². The molecular formula is C11H12N2O3S2. The van der Waals surface area contributed by atoms with Crippen molar-refractivity contribution >= 4 is 40.5 Å². The van der Waals surface area contributed by atoms with Crippen LogP contribution in [0, 0.1) is 11.3 Å². The summed E-state index contributed by atoms with van der Waals surface area (Å²) in [4.78, 5) is 23.3. The molecule has 1 aromatic rings. The van der Waals surface area contributed by atoms with Crippen molar-refractivity contribution in [2.24, 2.45) is 0 Å². The number of esters is 1. The molecule has 18 heavy (non-hydrogen) atoms. The summed E-state index contributed by atoms with van der Waals surface area (Å²) in [6.07, 6.45) is 1.45. The topological polar surface area (TPSA) is 93.2 Å². The number of nitriles is 1. The lowest BCUT2D eigenvalue weighted by Crippen LogP contribution is -2.11. The Labute approximate surface area is 113 Å². The van der Waals surface area contributed by atoms with E-state index in [4.69, 9.17) is 15.7 Å². The monoisotopic (exact) mass is 284 g/mol. The molecule has 1 rings (SSSR count). The van der Waals surface area contributed by atoms with Gasteiger partial charge in [0.15, 0.2) is 5.78 Å². The van der Waals surface area contributed by atoms with Gasteiger partial charge in [-0.15, -0.1) is 23.1 Å². The number of ketones is 1. The molecule has 5 nitrogen and oxygen atoms in total. The van der Waals surface area contributed by atoms with Crippen LogP contribution in [0.25, 0.3) is 0 Å². The maximum Gasteiger partial charge on any atom is 0.313 e. The van der Waals surface area contributed by atoms with Crippen LogP contribution in [-0.4, -0.2) is 24.6 Å². The first-order valence-electron chi connectivity index (χ1n) is 5.10. The van der Waals surface area contributed by atoms with Crippen LogP contribution in [0.1, 0.15) is 28.6 Å². The molecule has 0 bridgehead atoms. The Morgan fingerprint density at radius 2 is 2.22 bits per heavy atom. The zero-order chi connectivity index (χ0) is 13.7. The molecule has 2 N–H and O–H groups in total. The van der Waals surface area contributed by atoms with Crippen LogP contribution in [0.2, 0.25) is 0 Å². The minimum absolute atomic E-state index is 0.154. The summed E-state index contributed by atoms with van der Waals surface area (Å²) in [5, 5.41) is 8.95. The highest BCUT2D eigenvalue weighted by atomic mass is 32.2. The summed E-state index contributed by atoms with van der Waals surface area (Å²) in [5.74, 6) is -0.993. The number of carbonyl (C=O) groups excluding carboxylic acids is 2. The number of hydrogen-bond donors (Lipinski definition) is 1. The van der Waals surface area contributed by atoms with Crippen molar-refractivity contribution in [2.75, 3.05) is 18.6 Å². The number of ether oxygens (including phenoxy) is 1. The SMILES string of the molecule is CCOC(=O)CC(=O)c1sc(SC)c(C#N)c1N. The van der Waals surface area contributed by atoms with Crippen molar-refractivity contribution in [1.29, 1.82) is 5.26 Å². The van der Waals surface area contributed by atoms with Gasteiger partial charge >= 0.3 is 5.97 Å². The molecule has 0 amide bonds. The fraction of sp³-hybridized carbons (Fsp3) is 0.364. The predicted octanol–water partition coefficient (Wildman–Crippen LogP) is 2.06. The number of nitrogens with zero attached hydrogens (tertiary/aromatic N) is 1. The molecule has 0 aromatic carbocycles. The third-order valence-corrected chi connectivity index (χ3v) is 4.44. The number of anilines is 1. The zero-order valence-corrected chi connectivity index (χ0v) is 11.6. The Hall–Kier alpha value is -1.52. The van der Waals surface area contributed by atoms with Gasteiger partial charge in [-0.05, 0) is 13.2 Å². The lowest BCUT2D eigenvalue weighted by atomic mass is 10.2. The standard InChI is InChI=1S/C11H12N2O3S2/c1-3-16-8(15)4-7(14)10-9(13)6(5-12)11(17-2)18-10/h3-4,13H2,1-2H3. The maximum absolute atomic E-state index is 11.9. The van der Waals surface area contributed by atoms with E-state index in [1.165, 1.54) is 11.8 Å². The highest BCUT2D eigenvalue weighted by Crippen LogP contribution is 2.37. The Morgan fingerprint density at radius 3 is 2.67 bits per heavy atom. The second kappa shape index (κ2) is 6.42. The van der Waals surface area contributed by atoms with Crippen molar-refractivity contribution in [3.63, 3.8) is 0 Å². The average Bonchev–Trinajstić information content (AvgIpc) is 2.65. The first kappa shape index (κ1) is 14.5. The van der Waals surface area contributed by atoms with E-state index in [1.807, 2.05) is 6.07 Å². The van der Waals surface area contributed by atoms with Gasteiger partial charge in [-0.3, -0.25) is 9.59 Å². The highest BCUT2D eigenvalue weighted by Gasteiger charge is 2.22. The van der Waals surface area contributed by atoms with Gasteiger partial charge in [0, 0.05) is 0 Å². The predicted molar refractivity (Wildman–Crippen MR) is 70.8 cm³/mol. The van der Waals surface area contributed by atoms with E-state index >= 15 is 0 Å². The van der Waals surface area contributed by atoms with E-state index in [1.54, 1.807) is 13.2 Å². The van der Waals surface area contributed by atoms with Gasteiger partial charge in [-0.25, -0.2) is 0 Å². The van der Waals surface area contributed by atoms with Crippen LogP contribution in [0.4, 0.5) is 5.69 Å². The molecule has 0 saturated heterocycles. The fourth-order valence-electron chi connectivity index (χ4n) is 1.30. The number of hydrogen-bond acceptors (Lipinski definition) is 7. The molecule has 96 valence electrons. The van der Waals surface area contributed by atoms with E-state index in [-0.39, 0.29) is 23.6 Å². The van der Waals surface area contributed by atoms with E-state index in [2.05, 4.69) is 0 Å². The summed E-state index contributed by atoms with van der Waals surface area (Å²) in [7, 11) is 0. The Kier molecular flexibility index (Phi) is 5.19. The number of rotatable bonds is 5. The lowest BCUT2D eigenvalue weighted by Gasteiger charge is -2.00. The van der Waals surface area contributed by atoms with E-state index in [0.29, 0.717) is 9.77 Å². The number of Topliss-reactive ketones (excluding diaryl/α,β-unsaturated/α-hetero) is 1. The van der Waals surface area contributed by atoms with E-state index < -0.39 is 11.8 Å². The van der Waals surface area contributed by atoms with Crippen LogP contribution >= 0.6 is 23.1 Å². The summed E-state index contributed by atoms with van der Waals surface area (Å²) in [5.41, 5.74) is 6.20. The highest BCUT2D eigenvalue weighted by molar-refractivity contribution is 8.00. The molecule has 0 spiro atoms. The molecular weight excluding hydrogens is 272 g/mol. The van der Waals surface area contributed by atoms with Crippen LogP contribution < -0.4 is 5.73 Å². The molecule has 0 aliphatic carbocycles. The van der Waals surface area contributed by atoms with Gasteiger partial charge in [0.1, 0.15) is 18.1 Å². The lowest BCUT2D eigenvalue weighted by molar-refractivity contribution is -0.141. The minimum atomic E-state index is -0.584. The van der Waals surface area contributed by atoms with Crippen LogP contribution in [0.3, 0.4) is 0 Å². The number of nitrogens with two attached hydrogens (primary N) is 1. The zero-order valence-electron chi connectivity index (χ0n) is 9.98. The second-order valence-corrected chi connectivity index (χ2v) is 5.32. The minimum Gasteiger partial charge on any atom is -0.466 e. The van der Waals surface area contributed by atoms with Crippen molar-refractivity contribution in [3.8, 4) is 6.07 Å². The normalized spacial score (nSPS) is 9.83. The third-order valence-electron chi connectivity index (χ3n) is 2.07. The van der Waals surface area contributed by atoms with E-state index in [9.17, 15) is 9.59 Å². The van der Waals surface area contributed by atoms with Crippen molar-refractivity contribution in [3.05, 3.63) is 10.4 Å². The second-order valence-electron chi connectivity index (χ2n) is 3.23. The summed E-state index contributed by atoms with van der Waals surface area (Å²) in [6.45, 7) is 1.90. The Balaban J connectivity index is 2.97. The number of thioether (sulfide) groups is 1. The molecule has 0 unspecified atom stereocenters. The van der Waals surface area contributed by atoms with Gasteiger partial charge in [0.2, 0.25) is 0 Å². The van der Waals surface area contributed by atoms with Gasteiger partial charge in [0.05, 0.1) is 21.4 Å². The molecule has 7 heteroatoms. The molecule has 0 saturated carbocycles. The number of nitrogen functional groups attached to an aromatic ring is 1. The van der Waals surface area contributed by atoms with Gasteiger partial charge in [-0.1, -0.05) is 0 Å². The largest absolute Gasteiger partial charge is 0.466 e. The summed E-state index contributed by atoms with van der Waals surface area (Å²) < 4.78 is 5.38. The first-order valence-corrected chi connectivity index (χ1v) is 7.14. The Bertz CT molecular complexity index is 517. The van der Waals surface area contributed by atoms with E-state index in [0.717, 1.165) is 11.3 Å². The molecule has 0 fully saturated rings.